The van der Waals surface area contributed by atoms with Gasteiger partial charge in [0.05, 0.1) is 5.69 Å². The molecule has 0 bridgehead atoms. The van der Waals surface area contributed by atoms with Crippen LogP contribution in [-0.2, 0) is 11.2 Å². The Kier molecular flexibility index (Phi) is 3.26. The molecule has 4 nitrogen and oxygen atoms in total. The van der Waals surface area contributed by atoms with Gasteiger partial charge in [0.2, 0.25) is 5.91 Å². The van der Waals surface area contributed by atoms with E-state index in [0.29, 0.717) is 18.9 Å². The molecule has 1 aliphatic carbocycles. The average molecular weight is 229 g/mol. The zero-order valence-electron chi connectivity index (χ0n) is 8.33. The monoisotopic (exact) mass is 228 g/mol. The first-order chi connectivity index (χ1) is 7.29. The molecule has 1 aromatic heterocycles. The second kappa shape index (κ2) is 4.66. The number of hydrogen-bond acceptors (Lipinski definition) is 3. The summed E-state index contributed by atoms with van der Waals surface area (Å²) >= 11 is 5.34. The van der Waals surface area contributed by atoms with Gasteiger partial charge in [-0.2, -0.15) is 0 Å². The summed E-state index contributed by atoms with van der Waals surface area (Å²) in [6.45, 7) is 0.546. The van der Waals surface area contributed by atoms with Crippen LogP contribution in [0.1, 0.15) is 30.2 Å². The van der Waals surface area contributed by atoms with E-state index < -0.39 is 0 Å². The van der Waals surface area contributed by atoms with Crippen molar-refractivity contribution in [2.45, 2.75) is 25.2 Å². The molecular formula is C10H13ClN2O2. The average Bonchev–Trinajstić information content (AvgIpc) is 2.99. The van der Waals surface area contributed by atoms with E-state index in [9.17, 15) is 4.79 Å². The van der Waals surface area contributed by atoms with Gasteiger partial charge in [0.25, 0.3) is 0 Å². The number of amides is 1. The Morgan fingerprint density at radius 3 is 3.13 bits per heavy atom. The number of nitrogens with one attached hydrogen (secondary N) is 1. The third-order valence-corrected chi connectivity index (χ3v) is 2.63. The van der Waals surface area contributed by atoms with Crippen LogP contribution in [0.5, 0.6) is 0 Å². The fourth-order valence-electron chi connectivity index (χ4n) is 1.39. The lowest BCUT2D eigenvalue weighted by molar-refractivity contribution is -0.118. The number of aromatic nitrogens is 1. The van der Waals surface area contributed by atoms with Crippen molar-refractivity contribution in [2.24, 2.45) is 0 Å². The number of carbonyl (C=O) groups excluding carboxylic acids is 1. The van der Waals surface area contributed by atoms with Gasteiger partial charge in [-0.15, -0.1) is 11.6 Å². The van der Waals surface area contributed by atoms with E-state index in [2.05, 4.69) is 10.5 Å². The van der Waals surface area contributed by atoms with Gasteiger partial charge in [-0.05, 0) is 12.8 Å². The van der Waals surface area contributed by atoms with Gasteiger partial charge in [0.15, 0.2) is 0 Å². The summed E-state index contributed by atoms with van der Waals surface area (Å²) in [5.74, 6) is 1.29. The van der Waals surface area contributed by atoms with E-state index in [4.69, 9.17) is 16.1 Å². The van der Waals surface area contributed by atoms with Gasteiger partial charge in [0, 0.05) is 24.9 Å². The van der Waals surface area contributed by atoms with Crippen molar-refractivity contribution >= 4 is 17.5 Å². The fraction of sp³-hybridized carbons (Fsp3) is 0.600. The van der Waals surface area contributed by atoms with E-state index in [1.54, 1.807) is 0 Å². The molecule has 82 valence electrons. The Hall–Kier alpha value is -1.03. The molecule has 1 aliphatic rings. The van der Waals surface area contributed by atoms with Gasteiger partial charge in [0.1, 0.15) is 11.6 Å². The van der Waals surface area contributed by atoms with Crippen LogP contribution < -0.4 is 5.32 Å². The molecule has 0 atom stereocenters. The first kappa shape index (κ1) is 10.5. The number of nitrogens with zero attached hydrogens (tertiary/aromatic N) is 1. The summed E-state index contributed by atoms with van der Waals surface area (Å²) < 4.78 is 5.15. The molecule has 1 heterocycles. The normalized spacial score (nSPS) is 15.3. The SMILES string of the molecule is O=C(CCl)NCCc1cc(C2CC2)no1. The summed E-state index contributed by atoms with van der Waals surface area (Å²) in [5.41, 5.74) is 1.05. The topological polar surface area (TPSA) is 55.1 Å². The molecule has 1 saturated carbocycles. The van der Waals surface area contributed by atoms with Crippen molar-refractivity contribution in [3.8, 4) is 0 Å². The zero-order chi connectivity index (χ0) is 10.7. The molecule has 1 amide bonds. The zero-order valence-corrected chi connectivity index (χ0v) is 9.09. The lowest BCUT2D eigenvalue weighted by atomic mass is 10.2. The summed E-state index contributed by atoms with van der Waals surface area (Å²) in [5, 5.41) is 6.66. The Balaban J connectivity index is 1.75. The molecule has 0 aliphatic heterocycles. The highest BCUT2D eigenvalue weighted by molar-refractivity contribution is 6.27. The van der Waals surface area contributed by atoms with Crippen LogP contribution in [0.25, 0.3) is 0 Å². The third kappa shape index (κ3) is 2.96. The van der Waals surface area contributed by atoms with Crippen LogP contribution in [0.4, 0.5) is 0 Å². The molecule has 15 heavy (non-hydrogen) atoms. The van der Waals surface area contributed by atoms with Crippen LogP contribution in [0.15, 0.2) is 10.6 Å². The Morgan fingerprint density at radius 1 is 1.67 bits per heavy atom. The summed E-state index contributed by atoms with van der Waals surface area (Å²) in [7, 11) is 0. The van der Waals surface area contributed by atoms with E-state index in [1.807, 2.05) is 6.07 Å². The van der Waals surface area contributed by atoms with Gasteiger partial charge < -0.3 is 9.84 Å². The number of rotatable bonds is 5. The highest BCUT2D eigenvalue weighted by atomic mass is 35.5. The molecule has 0 spiro atoms. The van der Waals surface area contributed by atoms with Gasteiger partial charge in [-0.3, -0.25) is 4.79 Å². The van der Waals surface area contributed by atoms with Gasteiger partial charge in [-0.1, -0.05) is 5.16 Å². The van der Waals surface area contributed by atoms with E-state index in [0.717, 1.165) is 11.5 Å². The predicted molar refractivity (Wildman–Crippen MR) is 55.9 cm³/mol. The molecule has 1 fully saturated rings. The molecule has 2 rings (SSSR count). The van der Waals surface area contributed by atoms with Crippen LogP contribution in [0.2, 0.25) is 0 Å². The van der Waals surface area contributed by atoms with Crippen molar-refractivity contribution in [1.29, 1.82) is 0 Å². The maximum atomic E-state index is 10.8. The second-order valence-electron chi connectivity index (χ2n) is 3.73. The molecule has 0 radical (unpaired) electrons. The number of halogens is 1. The first-order valence-corrected chi connectivity index (χ1v) is 5.61. The van der Waals surface area contributed by atoms with Crippen molar-refractivity contribution in [3.63, 3.8) is 0 Å². The number of carbonyl (C=O) groups is 1. The maximum Gasteiger partial charge on any atom is 0.234 e. The summed E-state index contributed by atoms with van der Waals surface area (Å²) in [6, 6.07) is 1.98. The Bertz CT molecular complexity index is 347. The standard InChI is InChI=1S/C10H13ClN2O2/c11-6-10(14)12-4-3-8-5-9(13-15-8)7-1-2-7/h5,7H,1-4,6H2,(H,12,14). The van der Waals surface area contributed by atoms with E-state index in [1.165, 1.54) is 12.8 Å². The maximum absolute atomic E-state index is 10.8. The second-order valence-corrected chi connectivity index (χ2v) is 3.99. The Morgan fingerprint density at radius 2 is 2.47 bits per heavy atom. The van der Waals surface area contributed by atoms with Crippen LogP contribution >= 0.6 is 11.6 Å². The predicted octanol–water partition coefficient (Wildman–Crippen LogP) is 1.45. The fourth-order valence-corrected chi connectivity index (χ4v) is 1.49. The number of hydrogen-bond donors (Lipinski definition) is 1. The third-order valence-electron chi connectivity index (χ3n) is 2.39. The lowest BCUT2D eigenvalue weighted by Gasteiger charge is -1.98. The molecule has 5 heteroatoms. The van der Waals surface area contributed by atoms with E-state index in [-0.39, 0.29) is 11.8 Å². The van der Waals surface area contributed by atoms with Gasteiger partial charge >= 0.3 is 0 Å². The minimum Gasteiger partial charge on any atom is -0.361 e. The smallest absolute Gasteiger partial charge is 0.234 e. The molecule has 1 aromatic rings. The summed E-state index contributed by atoms with van der Waals surface area (Å²) in [4.78, 5) is 10.8. The first-order valence-electron chi connectivity index (χ1n) is 5.07. The van der Waals surface area contributed by atoms with Crippen molar-refractivity contribution in [2.75, 3.05) is 12.4 Å². The molecule has 0 aromatic carbocycles. The van der Waals surface area contributed by atoms with Crippen molar-refractivity contribution < 1.29 is 9.32 Å². The largest absolute Gasteiger partial charge is 0.361 e. The minimum absolute atomic E-state index is 0.00370. The number of alkyl halides is 1. The van der Waals surface area contributed by atoms with Crippen molar-refractivity contribution in [3.05, 3.63) is 17.5 Å². The molecular weight excluding hydrogens is 216 g/mol. The summed E-state index contributed by atoms with van der Waals surface area (Å²) in [6.07, 6.45) is 3.10. The molecule has 0 unspecified atom stereocenters. The van der Waals surface area contributed by atoms with Gasteiger partial charge in [-0.25, -0.2) is 0 Å². The van der Waals surface area contributed by atoms with Crippen molar-refractivity contribution in [1.82, 2.24) is 10.5 Å². The molecule has 0 saturated heterocycles. The van der Waals surface area contributed by atoms with E-state index >= 15 is 0 Å². The quantitative estimate of drug-likeness (QED) is 0.777. The van der Waals surface area contributed by atoms with Crippen LogP contribution in [-0.4, -0.2) is 23.5 Å². The highest BCUT2D eigenvalue weighted by Gasteiger charge is 2.26. The minimum atomic E-state index is -0.154. The highest BCUT2D eigenvalue weighted by Crippen LogP contribution is 2.39. The molecule has 1 N–H and O–H groups in total. The Labute approximate surface area is 93.0 Å². The van der Waals surface area contributed by atoms with Crippen LogP contribution in [0.3, 0.4) is 0 Å². The van der Waals surface area contributed by atoms with Crippen LogP contribution in [0, 0.1) is 0 Å². The lowest BCUT2D eigenvalue weighted by Crippen LogP contribution is -2.26.